The highest BCUT2D eigenvalue weighted by Gasteiger charge is 2.23. The standard InChI is InChI=1S/C21H26N2O4S/c24-21(25)22-14-16-9-11-17(12-10-16)15-23-28(26,27)20-8-4-7-19(13-20)18-5-2-1-3-6-18/h1-8,13,16-17,22-23H,9-12,14-15H2,(H,24,25). The van der Waals surface area contributed by atoms with E-state index in [0.717, 1.165) is 36.8 Å². The van der Waals surface area contributed by atoms with Crippen LogP contribution in [-0.2, 0) is 10.0 Å². The number of hydrogen-bond donors (Lipinski definition) is 3. The van der Waals surface area contributed by atoms with Gasteiger partial charge in [0.05, 0.1) is 4.90 Å². The number of carboxylic acid groups (broad SMARTS) is 1. The summed E-state index contributed by atoms with van der Waals surface area (Å²) in [4.78, 5) is 10.9. The summed E-state index contributed by atoms with van der Waals surface area (Å²) in [5.41, 5.74) is 1.85. The Kier molecular flexibility index (Phi) is 6.70. The van der Waals surface area contributed by atoms with Gasteiger partial charge in [0.15, 0.2) is 0 Å². The number of sulfonamides is 1. The molecule has 1 aliphatic rings. The van der Waals surface area contributed by atoms with Crippen LogP contribution in [-0.4, -0.2) is 32.7 Å². The minimum atomic E-state index is -3.57. The molecular weight excluding hydrogens is 376 g/mol. The van der Waals surface area contributed by atoms with Crippen molar-refractivity contribution in [2.75, 3.05) is 13.1 Å². The monoisotopic (exact) mass is 402 g/mol. The lowest BCUT2D eigenvalue weighted by atomic mass is 9.82. The Bertz CT molecular complexity index is 892. The number of benzene rings is 2. The highest BCUT2D eigenvalue weighted by atomic mass is 32.2. The lowest BCUT2D eigenvalue weighted by Crippen LogP contribution is -2.34. The van der Waals surface area contributed by atoms with Crippen LogP contribution >= 0.6 is 0 Å². The van der Waals surface area contributed by atoms with Crippen molar-refractivity contribution in [1.29, 1.82) is 0 Å². The second-order valence-electron chi connectivity index (χ2n) is 7.32. The fourth-order valence-electron chi connectivity index (χ4n) is 3.66. The smallest absolute Gasteiger partial charge is 0.404 e. The lowest BCUT2D eigenvalue weighted by Gasteiger charge is -2.28. The average Bonchev–Trinajstić information content (AvgIpc) is 2.72. The van der Waals surface area contributed by atoms with Gasteiger partial charge in [-0.15, -0.1) is 0 Å². The average molecular weight is 403 g/mol. The Morgan fingerprint density at radius 2 is 1.50 bits per heavy atom. The van der Waals surface area contributed by atoms with Crippen LogP contribution < -0.4 is 10.0 Å². The number of rotatable bonds is 7. The van der Waals surface area contributed by atoms with Crippen molar-refractivity contribution in [1.82, 2.24) is 10.0 Å². The summed E-state index contributed by atoms with van der Waals surface area (Å²) in [6, 6.07) is 16.7. The van der Waals surface area contributed by atoms with Crippen molar-refractivity contribution < 1.29 is 18.3 Å². The van der Waals surface area contributed by atoms with Crippen LogP contribution in [0, 0.1) is 11.8 Å². The predicted octanol–water partition coefficient (Wildman–Crippen LogP) is 3.71. The van der Waals surface area contributed by atoms with Crippen molar-refractivity contribution in [3.8, 4) is 11.1 Å². The fourth-order valence-corrected chi connectivity index (χ4v) is 4.82. The second-order valence-corrected chi connectivity index (χ2v) is 9.09. The first-order valence-corrected chi connectivity index (χ1v) is 11.0. The minimum absolute atomic E-state index is 0.271. The summed E-state index contributed by atoms with van der Waals surface area (Å²) in [6.07, 6.45) is 2.64. The van der Waals surface area contributed by atoms with Crippen LogP contribution in [0.2, 0.25) is 0 Å². The van der Waals surface area contributed by atoms with Crippen LogP contribution in [0.25, 0.3) is 11.1 Å². The van der Waals surface area contributed by atoms with Gasteiger partial charge in [-0.1, -0.05) is 42.5 Å². The number of hydrogen-bond acceptors (Lipinski definition) is 3. The molecule has 0 aliphatic heterocycles. The molecule has 0 heterocycles. The third-order valence-electron chi connectivity index (χ3n) is 5.32. The van der Waals surface area contributed by atoms with Gasteiger partial charge in [0.1, 0.15) is 0 Å². The van der Waals surface area contributed by atoms with Gasteiger partial charge in [0.25, 0.3) is 0 Å². The van der Waals surface area contributed by atoms with E-state index in [0.29, 0.717) is 19.0 Å². The highest BCUT2D eigenvalue weighted by Crippen LogP contribution is 2.28. The first-order valence-electron chi connectivity index (χ1n) is 9.56. The molecule has 0 atom stereocenters. The largest absolute Gasteiger partial charge is 0.465 e. The van der Waals surface area contributed by atoms with Crippen molar-refractivity contribution in [3.63, 3.8) is 0 Å². The van der Waals surface area contributed by atoms with E-state index in [2.05, 4.69) is 10.0 Å². The molecule has 2 aromatic rings. The Morgan fingerprint density at radius 3 is 2.14 bits per heavy atom. The molecule has 1 fully saturated rings. The van der Waals surface area contributed by atoms with Crippen LogP contribution in [0.5, 0.6) is 0 Å². The molecule has 7 heteroatoms. The maximum atomic E-state index is 12.7. The zero-order valence-corrected chi connectivity index (χ0v) is 16.5. The van der Waals surface area contributed by atoms with Gasteiger partial charge >= 0.3 is 6.09 Å². The van der Waals surface area contributed by atoms with Crippen molar-refractivity contribution in [2.45, 2.75) is 30.6 Å². The van der Waals surface area contributed by atoms with Crippen LogP contribution in [0.15, 0.2) is 59.5 Å². The maximum absolute atomic E-state index is 12.7. The Labute approximate surface area is 166 Å². The summed E-state index contributed by atoms with van der Waals surface area (Å²) < 4.78 is 28.2. The fraction of sp³-hybridized carbons (Fsp3) is 0.381. The predicted molar refractivity (Wildman–Crippen MR) is 109 cm³/mol. The molecule has 6 nitrogen and oxygen atoms in total. The number of nitrogens with one attached hydrogen (secondary N) is 2. The first kappa shape index (κ1) is 20.4. The molecule has 0 unspecified atom stereocenters. The first-order chi connectivity index (χ1) is 13.4. The third-order valence-corrected chi connectivity index (χ3v) is 6.74. The van der Waals surface area contributed by atoms with E-state index in [1.54, 1.807) is 18.2 Å². The molecule has 0 radical (unpaired) electrons. The van der Waals surface area contributed by atoms with Crippen molar-refractivity contribution >= 4 is 16.1 Å². The van der Waals surface area contributed by atoms with Gasteiger partial charge in [-0.3, -0.25) is 0 Å². The highest BCUT2D eigenvalue weighted by molar-refractivity contribution is 7.89. The summed E-state index contributed by atoms with van der Waals surface area (Å²) >= 11 is 0. The molecule has 1 aliphatic carbocycles. The van der Waals surface area contributed by atoms with Gasteiger partial charge < -0.3 is 10.4 Å². The molecule has 0 saturated heterocycles. The van der Waals surface area contributed by atoms with E-state index >= 15 is 0 Å². The summed E-state index contributed by atoms with van der Waals surface area (Å²) in [5, 5.41) is 11.1. The van der Waals surface area contributed by atoms with Gasteiger partial charge in [-0.05, 0) is 60.8 Å². The molecule has 28 heavy (non-hydrogen) atoms. The SMILES string of the molecule is O=C(O)NCC1CCC(CNS(=O)(=O)c2cccc(-c3ccccc3)c2)CC1. The number of carbonyl (C=O) groups is 1. The molecule has 3 N–H and O–H groups in total. The van der Waals surface area contributed by atoms with Gasteiger partial charge in [-0.2, -0.15) is 0 Å². The molecule has 0 bridgehead atoms. The zero-order valence-electron chi connectivity index (χ0n) is 15.7. The Hall–Kier alpha value is -2.38. The minimum Gasteiger partial charge on any atom is -0.465 e. The third kappa shape index (κ3) is 5.56. The van der Waals surface area contributed by atoms with Crippen LogP contribution in [0.4, 0.5) is 4.79 Å². The molecule has 1 amide bonds. The number of amides is 1. The maximum Gasteiger partial charge on any atom is 0.404 e. The van der Waals surface area contributed by atoms with Gasteiger partial charge in [0.2, 0.25) is 10.0 Å². The summed E-state index contributed by atoms with van der Waals surface area (Å²) in [5.74, 6) is 0.625. The topological polar surface area (TPSA) is 95.5 Å². The Balaban J connectivity index is 1.56. The molecule has 3 rings (SSSR count). The molecular formula is C21H26N2O4S. The molecule has 150 valence electrons. The Morgan fingerprint density at radius 1 is 0.893 bits per heavy atom. The van der Waals surface area contributed by atoms with Gasteiger partial charge in [0, 0.05) is 13.1 Å². The molecule has 2 aromatic carbocycles. The van der Waals surface area contributed by atoms with E-state index in [1.165, 1.54) is 0 Å². The summed E-state index contributed by atoms with van der Waals surface area (Å²) in [6.45, 7) is 0.886. The molecule has 0 aromatic heterocycles. The van der Waals surface area contributed by atoms with E-state index in [4.69, 9.17) is 5.11 Å². The normalized spacial score (nSPS) is 19.9. The molecule has 1 saturated carbocycles. The quantitative estimate of drug-likeness (QED) is 0.658. The van der Waals surface area contributed by atoms with E-state index in [-0.39, 0.29) is 10.8 Å². The van der Waals surface area contributed by atoms with E-state index < -0.39 is 16.1 Å². The van der Waals surface area contributed by atoms with Crippen molar-refractivity contribution in [3.05, 3.63) is 54.6 Å². The van der Waals surface area contributed by atoms with E-state index in [1.807, 2.05) is 36.4 Å². The summed E-state index contributed by atoms with van der Waals surface area (Å²) in [7, 11) is -3.57. The molecule has 0 spiro atoms. The van der Waals surface area contributed by atoms with Crippen LogP contribution in [0.3, 0.4) is 0 Å². The van der Waals surface area contributed by atoms with Crippen LogP contribution in [0.1, 0.15) is 25.7 Å². The van der Waals surface area contributed by atoms with E-state index in [9.17, 15) is 13.2 Å². The zero-order chi connectivity index (χ0) is 20.0. The second kappa shape index (κ2) is 9.21. The van der Waals surface area contributed by atoms with Crippen molar-refractivity contribution in [2.24, 2.45) is 11.8 Å². The lowest BCUT2D eigenvalue weighted by molar-refractivity contribution is 0.188. The van der Waals surface area contributed by atoms with Gasteiger partial charge in [-0.25, -0.2) is 17.9 Å².